The molecule has 0 aliphatic carbocycles. The second-order valence-corrected chi connectivity index (χ2v) is 4.89. The summed E-state index contributed by atoms with van der Waals surface area (Å²) in [5, 5.41) is 8.09. The lowest BCUT2D eigenvalue weighted by Crippen LogP contribution is -2.29. The molecule has 0 saturated carbocycles. The largest absolute Gasteiger partial charge is 0.484 e. The van der Waals surface area contributed by atoms with Crippen molar-refractivity contribution in [1.29, 1.82) is 0 Å². The van der Waals surface area contributed by atoms with Crippen molar-refractivity contribution in [2.24, 2.45) is 0 Å². The molecular formula is C14H18N4O2. The van der Waals surface area contributed by atoms with Crippen LogP contribution in [0.4, 0.5) is 11.7 Å². The van der Waals surface area contributed by atoms with Crippen molar-refractivity contribution in [3.8, 4) is 5.75 Å². The Morgan fingerprint density at radius 3 is 2.85 bits per heavy atom. The van der Waals surface area contributed by atoms with E-state index in [2.05, 4.69) is 15.1 Å². The van der Waals surface area contributed by atoms with E-state index in [1.165, 1.54) is 19.3 Å². The molecule has 106 valence electrons. The summed E-state index contributed by atoms with van der Waals surface area (Å²) < 4.78 is 11.2. The molecule has 1 saturated heterocycles. The monoisotopic (exact) mass is 274 g/mol. The zero-order valence-corrected chi connectivity index (χ0v) is 11.3. The Hall–Kier alpha value is -2.24. The predicted molar refractivity (Wildman–Crippen MR) is 75.5 cm³/mol. The Labute approximate surface area is 117 Å². The number of piperidine rings is 1. The first-order chi connectivity index (χ1) is 9.81. The summed E-state index contributed by atoms with van der Waals surface area (Å²) in [5.41, 5.74) is 6.36. The summed E-state index contributed by atoms with van der Waals surface area (Å²) >= 11 is 0. The minimum absolute atomic E-state index is 0.254. The van der Waals surface area contributed by atoms with Gasteiger partial charge in [0.1, 0.15) is 5.75 Å². The van der Waals surface area contributed by atoms with Gasteiger partial charge < -0.3 is 19.8 Å². The molecule has 1 aliphatic heterocycles. The van der Waals surface area contributed by atoms with Gasteiger partial charge in [0.05, 0.1) is 0 Å². The second kappa shape index (κ2) is 5.81. The van der Waals surface area contributed by atoms with Crippen LogP contribution in [0.2, 0.25) is 0 Å². The zero-order chi connectivity index (χ0) is 13.8. The highest BCUT2D eigenvalue weighted by Crippen LogP contribution is 2.20. The molecule has 20 heavy (non-hydrogen) atoms. The minimum Gasteiger partial charge on any atom is -0.484 e. The number of nitrogens with zero attached hydrogens (tertiary/aromatic N) is 3. The first kappa shape index (κ1) is 12.8. The summed E-state index contributed by atoms with van der Waals surface area (Å²) in [4.78, 5) is 2.13. The fourth-order valence-electron chi connectivity index (χ4n) is 2.27. The van der Waals surface area contributed by atoms with Crippen molar-refractivity contribution in [1.82, 2.24) is 10.2 Å². The summed E-state index contributed by atoms with van der Waals surface area (Å²) in [7, 11) is 0. The van der Waals surface area contributed by atoms with E-state index < -0.39 is 0 Å². The van der Waals surface area contributed by atoms with Crippen molar-refractivity contribution in [3.63, 3.8) is 0 Å². The smallest absolute Gasteiger partial charge is 0.318 e. The average Bonchev–Trinajstić information content (AvgIpc) is 2.95. The molecule has 6 heteroatoms. The van der Waals surface area contributed by atoms with Crippen LogP contribution in [0.3, 0.4) is 0 Å². The molecule has 2 aromatic rings. The van der Waals surface area contributed by atoms with Gasteiger partial charge in [0.15, 0.2) is 6.61 Å². The van der Waals surface area contributed by atoms with Crippen LogP contribution in [-0.4, -0.2) is 23.3 Å². The van der Waals surface area contributed by atoms with Crippen molar-refractivity contribution in [2.75, 3.05) is 23.7 Å². The van der Waals surface area contributed by atoms with E-state index in [9.17, 15) is 0 Å². The number of anilines is 2. The lowest BCUT2D eigenvalue weighted by molar-refractivity contribution is 0.263. The van der Waals surface area contributed by atoms with Crippen LogP contribution >= 0.6 is 0 Å². The summed E-state index contributed by atoms with van der Waals surface area (Å²) in [5.74, 6) is 1.18. The standard InChI is InChI=1S/C14H18N4O2/c15-11-5-4-6-12(9-11)19-10-13-16-17-14(20-13)18-7-2-1-3-8-18/h4-6,9H,1-3,7-8,10,15H2. The van der Waals surface area contributed by atoms with Crippen LogP contribution in [0, 0.1) is 0 Å². The SMILES string of the molecule is Nc1cccc(OCc2nnc(N3CCCCC3)o2)c1. The highest BCUT2D eigenvalue weighted by molar-refractivity contribution is 5.43. The van der Waals surface area contributed by atoms with Gasteiger partial charge in [-0.05, 0) is 31.4 Å². The fraction of sp³-hybridized carbons (Fsp3) is 0.429. The molecule has 0 atom stereocenters. The molecular weight excluding hydrogens is 256 g/mol. The van der Waals surface area contributed by atoms with Gasteiger partial charge in [0.25, 0.3) is 5.89 Å². The van der Waals surface area contributed by atoms with Crippen molar-refractivity contribution < 1.29 is 9.15 Å². The zero-order valence-electron chi connectivity index (χ0n) is 11.3. The highest BCUT2D eigenvalue weighted by Gasteiger charge is 2.17. The number of ether oxygens (including phenoxy) is 1. The number of benzene rings is 1. The molecule has 2 N–H and O–H groups in total. The Balaban J connectivity index is 1.59. The lowest BCUT2D eigenvalue weighted by atomic mass is 10.1. The Morgan fingerprint density at radius 2 is 2.05 bits per heavy atom. The van der Waals surface area contributed by atoms with Crippen LogP contribution in [0.15, 0.2) is 28.7 Å². The van der Waals surface area contributed by atoms with Crippen LogP contribution in [0.25, 0.3) is 0 Å². The van der Waals surface area contributed by atoms with Gasteiger partial charge in [-0.1, -0.05) is 11.2 Å². The maximum Gasteiger partial charge on any atom is 0.318 e. The minimum atomic E-state index is 0.254. The third kappa shape index (κ3) is 3.01. The molecule has 6 nitrogen and oxygen atoms in total. The molecule has 0 radical (unpaired) electrons. The normalized spacial score (nSPS) is 15.3. The lowest BCUT2D eigenvalue weighted by Gasteiger charge is -2.24. The number of hydrogen-bond acceptors (Lipinski definition) is 6. The van der Waals surface area contributed by atoms with Crippen LogP contribution in [0.5, 0.6) is 5.75 Å². The number of nitrogens with two attached hydrogens (primary N) is 1. The molecule has 2 heterocycles. The summed E-state index contributed by atoms with van der Waals surface area (Å²) in [6.07, 6.45) is 3.63. The van der Waals surface area contributed by atoms with Gasteiger partial charge in [-0.2, -0.15) is 0 Å². The van der Waals surface area contributed by atoms with Crippen LogP contribution in [0.1, 0.15) is 25.2 Å². The molecule has 0 bridgehead atoms. The third-order valence-corrected chi connectivity index (χ3v) is 3.30. The van der Waals surface area contributed by atoms with Crippen molar-refractivity contribution in [3.05, 3.63) is 30.2 Å². The van der Waals surface area contributed by atoms with Gasteiger partial charge >= 0.3 is 6.01 Å². The third-order valence-electron chi connectivity index (χ3n) is 3.30. The van der Waals surface area contributed by atoms with Gasteiger partial charge in [-0.25, -0.2) is 0 Å². The average molecular weight is 274 g/mol. The van der Waals surface area contributed by atoms with E-state index in [0.29, 0.717) is 23.3 Å². The molecule has 1 aromatic heterocycles. The maximum atomic E-state index is 5.69. The molecule has 1 aliphatic rings. The van der Waals surface area contributed by atoms with E-state index in [1.807, 2.05) is 18.2 Å². The number of nitrogen functional groups attached to an aromatic ring is 1. The number of aromatic nitrogens is 2. The molecule has 1 aromatic carbocycles. The fourth-order valence-corrected chi connectivity index (χ4v) is 2.27. The topological polar surface area (TPSA) is 77.4 Å². The summed E-state index contributed by atoms with van der Waals surface area (Å²) in [6.45, 7) is 2.22. The number of hydrogen-bond donors (Lipinski definition) is 1. The predicted octanol–water partition coefficient (Wildman–Crippen LogP) is 2.22. The van der Waals surface area contributed by atoms with E-state index in [-0.39, 0.29) is 6.61 Å². The quantitative estimate of drug-likeness (QED) is 0.861. The molecule has 0 unspecified atom stereocenters. The Kier molecular flexibility index (Phi) is 3.71. The van der Waals surface area contributed by atoms with Crippen LogP contribution < -0.4 is 15.4 Å². The molecule has 0 amide bonds. The molecule has 1 fully saturated rings. The van der Waals surface area contributed by atoms with Gasteiger partial charge in [-0.15, -0.1) is 5.10 Å². The maximum absolute atomic E-state index is 5.69. The van der Waals surface area contributed by atoms with E-state index >= 15 is 0 Å². The van der Waals surface area contributed by atoms with E-state index in [1.54, 1.807) is 6.07 Å². The van der Waals surface area contributed by atoms with E-state index in [0.717, 1.165) is 13.1 Å². The van der Waals surface area contributed by atoms with Gasteiger partial charge in [0, 0.05) is 24.8 Å². The van der Waals surface area contributed by atoms with Gasteiger partial charge in [-0.3, -0.25) is 0 Å². The first-order valence-corrected chi connectivity index (χ1v) is 6.87. The van der Waals surface area contributed by atoms with Crippen molar-refractivity contribution in [2.45, 2.75) is 25.9 Å². The number of rotatable bonds is 4. The molecule has 0 spiro atoms. The van der Waals surface area contributed by atoms with Crippen molar-refractivity contribution >= 4 is 11.7 Å². The van der Waals surface area contributed by atoms with Gasteiger partial charge in [0.2, 0.25) is 0 Å². The first-order valence-electron chi connectivity index (χ1n) is 6.87. The van der Waals surface area contributed by atoms with Crippen LogP contribution in [-0.2, 0) is 6.61 Å². The second-order valence-electron chi connectivity index (χ2n) is 4.89. The Bertz CT molecular complexity index is 564. The molecule has 3 rings (SSSR count). The van der Waals surface area contributed by atoms with E-state index in [4.69, 9.17) is 14.9 Å². The highest BCUT2D eigenvalue weighted by atomic mass is 16.5. The Morgan fingerprint density at radius 1 is 1.20 bits per heavy atom. The summed E-state index contributed by atoms with van der Waals surface area (Å²) in [6, 6.07) is 7.86.